The maximum Gasteiger partial charge on any atom is 0.234 e. The van der Waals surface area contributed by atoms with Crippen molar-refractivity contribution < 1.29 is 19.0 Å². The summed E-state index contributed by atoms with van der Waals surface area (Å²) in [5.74, 6) is 1.96. The number of hydrogen-bond donors (Lipinski definition) is 0. The van der Waals surface area contributed by atoms with Gasteiger partial charge in [-0.25, -0.2) is 0 Å². The van der Waals surface area contributed by atoms with Gasteiger partial charge in [-0.2, -0.15) is 0 Å². The summed E-state index contributed by atoms with van der Waals surface area (Å²) in [7, 11) is 4.91. The van der Waals surface area contributed by atoms with Crippen LogP contribution < -0.4 is 14.2 Å². The van der Waals surface area contributed by atoms with Crippen molar-refractivity contribution in [3.8, 4) is 17.2 Å². The average molecular weight is 461 g/mol. The maximum atomic E-state index is 13.7. The number of methoxy groups -OCH3 is 3. The van der Waals surface area contributed by atoms with E-state index in [4.69, 9.17) is 14.2 Å². The monoisotopic (exact) mass is 460 g/mol. The lowest BCUT2D eigenvalue weighted by Gasteiger charge is -2.37. The van der Waals surface area contributed by atoms with E-state index >= 15 is 0 Å². The van der Waals surface area contributed by atoms with Crippen LogP contribution in [0.1, 0.15) is 22.6 Å². The van der Waals surface area contributed by atoms with Gasteiger partial charge in [0.05, 0.1) is 27.2 Å². The van der Waals surface area contributed by atoms with E-state index < -0.39 is 0 Å². The minimum Gasteiger partial charge on any atom is -0.496 e. The summed E-state index contributed by atoms with van der Waals surface area (Å²) in [5, 5.41) is 0. The molecule has 1 aliphatic heterocycles. The van der Waals surface area contributed by atoms with Gasteiger partial charge in [0, 0.05) is 44.4 Å². The van der Waals surface area contributed by atoms with E-state index in [2.05, 4.69) is 4.90 Å². The summed E-state index contributed by atoms with van der Waals surface area (Å²) in [6.07, 6.45) is 0. The van der Waals surface area contributed by atoms with Crippen LogP contribution in [0, 0.1) is 0 Å². The van der Waals surface area contributed by atoms with Gasteiger partial charge in [0.2, 0.25) is 5.91 Å². The zero-order valence-corrected chi connectivity index (χ0v) is 20.1. The van der Waals surface area contributed by atoms with Gasteiger partial charge in [0.15, 0.2) is 11.5 Å². The Morgan fingerprint density at radius 1 is 0.735 bits per heavy atom. The molecule has 0 N–H and O–H groups in total. The molecule has 6 nitrogen and oxygen atoms in total. The van der Waals surface area contributed by atoms with Crippen molar-refractivity contribution in [2.75, 3.05) is 47.5 Å². The summed E-state index contributed by atoms with van der Waals surface area (Å²) < 4.78 is 16.5. The molecule has 34 heavy (non-hydrogen) atoms. The predicted molar refractivity (Wildman–Crippen MR) is 133 cm³/mol. The van der Waals surface area contributed by atoms with Crippen LogP contribution >= 0.6 is 0 Å². The molecule has 0 aliphatic carbocycles. The highest BCUT2D eigenvalue weighted by Crippen LogP contribution is 2.35. The summed E-state index contributed by atoms with van der Waals surface area (Å²) >= 11 is 0. The minimum absolute atomic E-state index is 0.153. The van der Waals surface area contributed by atoms with Crippen LogP contribution in [-0.2, 0) is 11.3 Å². The fraction of sp³-hybridized carbons (Fsp3) is 0.321. The lowest BCUT2D eigenvalue weighted by Crippen LogP contribution is -2.49. The molecule has 3 aromatic carbocycles. The first-order valence-electron chi connectivity index (χ1n) is 11.5. The topological polar surface area (TPSA) is 51.2 Å². The van der Waals surface area contributed by atoms with E-state index in [1.165, 1.54) is 0 Å². The summed E-state index contributed by atoms with van der Waals surface area (Å²) in [5.41, 5.74) is 3.08. The second-order valence-corrected chi connectivity index (χ2v) is 8.37. The lowest BCUT2D eigenvalue weighted by atomic mass is 9.90. The number of nitrogens with zero attached hydrogens (tertiary/aromatic N) is 2. The molecule has 1 saturated heterocycles. The third-order valence-electron chi connectivity index (χ3n) is 6.38. The van der Waals surface area contributed by atoms with E-state index in [-0.39, 0.29) is 11.8 Å². The SMILES string of the molecule is COc1cc(OC)c(OC)cc1CN1CCN(C(=O)C(c2ccccc2)c2ccccc2)CC1. The molecule has 0 unspecified atom stereocenters. The Labute approximate surface area is 201 Å². The lowest BCUT2D eigenvalue weighted by molar-refractivity contribution is -0.133. The molecule has 0 spiro atoms. The number of carbonyl (C=O) groups excluding carboxylic acids is 1. The minimum atomic E-state index is -0.292. The first kappa shape index (κ1) is 23.6. The summed E-state index contributed by atoms with van der Waals surface area (Å²) in [4.78, 5) is 18.0. The molecule has 0 bridgehead atoms. The largest absolute Gasteiger partial charge is 0.496 e. The second-order valence-electron chi connectivity index (χ2n) is 8.37. The predicted octanol–water partition coefficient (Wildman–Crippen LogP) is 4.19. The molecule has 1 aliphatic rings. The Bertz CT molecular complexity index is 1040. The molecule has 1 amide bonds. The number of hydrogen-bond acceptors (Lipinski definition) is 5. The summed E-state index contributed by atoms with van der Waals surface area (Å²) in [6, 6.07) is 23.9. The summed E-state index contributed by atoms with van der Waals surface area (Å²) in [6.45, 7) is 3.67. The molecule has 3 aromatic rings. The Morgan fingerprint density at radius 3 is 1.74 bits per heavy atom. The number of carbonyl (C=O) groups is 1. The van der Waals surface area contributed by atoms with Crippen LogP contribution in [0.25, 0.3) is 0 Å². The quantitative estimate of drug-likeness (QED) is 0.505. The van der Waals surface area contributed by atoms with Gasteiger partial charge in [0.25, 0.3) is 0 Å². The van der Waals surface area contributed by atoms with Crippen LogP contribution in [0.4, 0.5) is 0 Å². The fourth-order valence-electron chi connectivity index (χ4n) is 4.53. The normalized spacial score (nSPS) is 14.2. The van der Waals surface area contributed by atoms with Crippen molar-refractivity contribution >= 4 is 5.91 Å². The molecular weight excluding hydrogens is 428 g/mol. The van der Waals surface area contributed by atoms with Crippen molar-refractivity contribution in [2.45, 2.75) is 12.5 Å². The Kier molecular flexibility index (Phi) is 7.70. The molecular formula is C28H32N2O4. The third kappa shape index (κ3) is 5.18. The number of benzene rings is 3. The molecule has 4 rings (SSSR count). The average Bonchev–Trinajstić information content (AvgIpc) is 2.90. The zero-order valence-electron chi connectivity index (χ0n) is 20.1. The Morgan fingerprint density at radius 2 is 1.24 bits per heavy atom. The van der Waals surface area contributed by atoms with E-state index in [9.17, 15) is 4.79 Å². The first-order chi connectivity index (χ1) is 16.6. The number of amides is 1. The smallest absolute Gasteiger partial charge is 0.234 e. The maximum absolute atomic E-state index is 13.7. The number of piperazine rings is 1. The highest BCUT2D eigenvalue weighted by molar-refractivity contribution is 5.87. The molecule has 6 heteroatoms. The van der Waals surface area contributed by atoms with Gasteiger partial charge >= 0.3 is 0 Å². The molecule has 1 fully saturated rings. The first-order valence-corrected chi connectivity index (χ1v) is 11.5. The van der Waals surface area contributed by atoms with Crippen LogP contribution in [0.3, 0.4) is 0 Å². The fourth-order valence-corrected chi connectivity index (χ4v) is 4.53. The van der Waals surface area contributed by atoms with Crippen molar-refractivity contribution in [1.82, 2.24) is 9.80 Å². The molecule has 0 atom stereocenters. The van der Waals surface area contributed by atoms with Crippen LogP contribution in [0.5, 0.6) is 17.2 Å². The van der Waals surface area contributed by atoms with Gasteiger partial charge in [-0.05, 0) is 17.2 Å². The highest BCUT2D eigenvalue weighted by Gasteiger charge is 2.30. The number of rotatable bonds is 8. The second kappa shape index (κ2) is 11.1. The van der Waals surface area contributed by atoms with E-state index in [1.807, 2.05) is 77.7 Å². The van der Waals surface area contributed by atoms with Crippen molar-refractivity contribution in [1.29, 1.82) is 0 Å². The van der Waals surface area contributed by atoms with Gasteiger partial charge in [-0.15, -0.1) is 0 Å². The van der Waals surface area contributed by atoms with Gasteiger partial charge < -0.3 is 19.1 Å². The van der Waals surface area contributed by atoms with Gasteiger partial charge in [-0.3, -0.25) is 9.69 Å². The van der Waals surface area contributed by atoms with E-state index in [1.54, 1.807) is 21.3 Å². The van der Waals surface area contributed by atoms with Crippen LogP contribution in [0.15, 0.2) is 72.8 Å². The molecule has 178 valence electrons. The van der Waals surface area contributed by atoms with Crippen molar-refractivity contribution in [2.24, 2.45) is 0 Å². The van der Waals surface area contributed by atoms with Crippen molar-refractivity contribution in [3.63, 3.8) is 0 Å². The Balaban J connectivity index is 1.46. The van der Waals surface area contributed by atoms with Crippen LogP contribution in [-0.4, -0.2) is 63.2 Å². The van der Waals surface area contributed by atoms with E-state index in [0.29, 0.717) is 31.1 Å². The van der Waals surface area contributed by atoms with Gasteiger partial charge in [-0.1, -0.05) is 60.7 Å². The molecule has 0 radical (unpaired) electrons. The molecule has 0 aromatic heterocycles. The van der Waals surface area contributed by atoms with Gasteiger partial charge in [0.1, 0.15) is 5.75 Å². The Hall–Kier alpha value is -3.51. The molecule has 0 saturated carbocycles. The van der Waals surface area contributed by atoms with Crippen LogP contribution in [0.2, 0.25) is 0 Å². The molecule has 1 heterocycles. The number of ether oxygens (including phenoxy) is 3. The third-order valence-corrected chi connectivity index (χ3v) is 6.38. The standard InChI is InChI=1S/C28H32N2O4/c1-32-24-19-26(34-3)25(33-2)18-23(24)20-29-14-16-30(17-15-29)28(31)27(21-10-6-4-7-11-21)22-12-8-5-9-13-22/h4-13,18-19,27H,14-17,20H2,1-3H3. The van der Waals surface area contributed by atoms with E-state index in [0.717, 1.165) is 35.5 Å². The highest BCUT2D eigenvalue weighted by atomic mass is 16.5. The zero-order chi connectivity index (χ0) is 23.9. The van der Waals surface area contributed by atoms with Crippen molar-refractivity contribution in [3.05, 3.63) is 89.5 Å².